The van der Waals surface area contributed by atoms with E-state index in [2.05, 4.69) is 0 Å². The van der Waals surface area contributed by atoms with Crippen LogP contribution in [0.2, 0.25) is 0 Å². The van der Waals surface area contributed by atoms with Crippen LogP contribution in [0, 0.1) is 0 Å². The quantitative estimate of drug-likeness (QED) is 0.374. The Kier molecular flexibility index (Phi) is 5.65. The highest BCUT2D eigenvalue weighted by Gasteiger charge is 2.31. The van der Waals surface area contributed by atoms with Gasteiger partial charge in [0.2, 0.25) is 0 Å². The molecule has 4 aromatic rings. The number of halogens is 3. The molecule has 3 aromatic carbocycles. The first-order valence-corrected chi connectivity index (χ1v) is 10.0. The highest BCUT2D eigenvalue weighted by Crippen LogP contribution is 2.37. The zero-order valence-corrected chi connectivity index (χ0v) is 17.2. The average molecular weight is 439 g/mol. The van der Waals surface area contributed by atoms with Crippen LogP contribution in [-0.2, 0) is 17.5 Å². The number of aromatic hydroxyl groups is 1. The molecule has 0 aliphatic carbocycles. The van der Waals surface area contributed by atoms with E-state index in [-0.39, 0.29) is 24.6 Å². The average Bonchev–Trinajstić information content (AvgIpc) is 3.08. The number of ether oxygens (including phenoxy) is 1. The summed E-state index contributed by atoms with van der Waals surface area (Å²) in [4.78, 5) is 13.0. The van der Waals surface area contributed by atoms with Crippen LogP contribution in [-0.4, -0.2) is 22.2 Å². The molecular formula is C25H20F3NO3. The lowest BCUT2D eigenvalue weighted by atomic mass is 10.0. The Bertz CT molecular complexity index is 1290. The van der Waals surface area contributed by atoms with Gasteiger partial charge in [-0.05, 0) is 48.4 Å². The molecule has 0 saturated heterocycles. The van der Waals surface area contributed by atoms with Crippen molar-refractivity contribution >= 4 is 16.9 Å². The van der Waals surface area contributed by atoms with E-state index in [4.69, 9.17) is 4.74 Å². The molecule has 0 atom stereocenters. The Morgan fingerprint density at radius 1 is 1.00 bits per heavy atom. The second-order valence-corrected chi connectivity index (χ2v) is 7.30. The summed E-state index contributed by atoms with van der Waals surface area (Å²) in [5.41, 5.74) is 1.70. The molecule has 0 fully saturated rings. The largest absolute Gasteiger partial charge is 0.508 e. The minimum absolute atomic E-state index is 0.0343. The molecular weight excluding hydrogens is 419 g/mol. The van der Waals surface area contributed by atoms with Crippen molar-refractivity contribution in [3.8, 4) is 16.9 Å². The maximum Gasteiger partial charge on any atom is 0.416 e. The number of carbonyl (C=O) groups is 1. The van der Waals surface area contributed by atoms with E-state index in [0.717, 1.165) is 17.5 Å². The number of aromatic nitrogens is 1. The number of nitrogens with zero attached hydrogens (tertiary/aromatic N) is 1. The third-order valence-electron chi connectivity index (χ3n) is 5.17. The number of alkyl halides is 3. The number of esters is 1. The molecule has 1 N–H and O–H groups in total. The second-order valence-electron chi connectivity index (χ2n) is 7.30. The van der Waals surface area contributed by atoms with Crippen molar-refractivity contribution in [1.29, 1.82) is 0 Å². The highest BCUT2D eigenvalue weighted by atomic mass is 19.4. The van der Waals surface area contributed by atoms with Crippen molar-refractivity contribution in [2.75, 3.05) is 6.61 Å². The van der Waals surface area contributed by atoms with Crippen LogP contribution in [0.15, 0.2) is 72.8 Å². The highest BCUT2D eigenvalue weighted by molar-refractivity contribution is 6.08. The monoisotopic (exact) mass is 439 g/mol. The van der Waals surface area contributed by atoms with Gasteiger partial charge in [-0.1, -0.05) is 42.5 Å². The predicted octanol–water partition coefficient (Wildman–Crippen LogP) is 6.26. The molecule has 1 aromatic heterocycles. The Morgan fingerprint density at radius 3 is 2.47 bits per heavy atom. The number of carbonyl (C=O) groups excluding carboxylic acids is 1. The SMILES string of the molecule is CCOC(=O)c1c(-c2cccc(O)c2)c2ccccc2n1Cc1cccc(C(F)(F)F)c1. The number of phenols is 1. The fourth-order valence-electron chi connectivity index (χ4n) is 3.86. The maximum atomic E-state index is 13.2. The molecule has 0 aliphatic rings. The van der Waals surface area contributed by atoms with Gasteiger partial charge in [0.1, 0.15) is 11.4 Å². The molecule has 0 radical (unpaired) electrons. The minimum atomic E-state index is -4.47. The zero-order valence-electron chi connectivity index (χ0n) is 17.2. The smallest absolute Gasteiger partial charge is 0.416 e. The lowest BCUT2D eigenvalue weighted by Crippen LogP contribution is -2.14. The van der Waals surface area contributed by atoms with Crippen molar-refractivity contribution in [3.63, 3.8) is 0 Å². The van der Waals surface area contributed by atoms with Crippen LogP contribution in [0.1, 0.15) is 28.5 Å². The molecule has 0 aliphatic heterocycles. The topological polar surface area (TPSA) is 51.5 Å². The molecule has 1 heterocycles. The van der Waals surface area contributed by atoms with Crippen molar-refractivity contribution < 1.29 is 27.8 Å². The first-order chi connectivity index (χ1) is 15.3. The van der Waals surface area contributed by atoms with E-state index >= 15 is 0 Å². The summed E-state index contributed by atoms with van der Waals surface area (Å²) in [5.74, 6) is -0.555. The van der Waals surface area contributed by atoms with Gasteiger partial charge in [-0.3, -0.25) is 0 Å². The van der Waals surface area contributed by atoms with Gasteiger partial charge in [0.25, 0.3) is 0 Å². The molecule has 0 amide bonds. The Labute approximate surface area is 182 Å². The van der Waals surface area contributed by atoms with Crippen LogP contribution >= 0.6 is 0 Å². The summed E-state index contributed by atoms with van der Waals surface area (Å²) < 4.78 is 46.7. The Morgan fingerprint density at radius 2 is 1.75 bits per heavy atom. The van der Waals surface area contributed by atoms with Gasteiger partial charge in [-0.15, -0.1) is 0 Å². The van der Waals surface area contributed by atoms with Crippen molar-refractivity contribution in [3.05, 3.63) is 89.6 Å². The Balaban J connectivity index is 1.96. The number of phenolic OH excluding ortho intramolecular Hbond substituents is 1. The number of fused-ring (bicyclic) bond motifs is 1. The molecule has 0 bridgehead atoms. The van der Waals surface area contributed by atoms with Crippen LogP contribution in [0.25, 0.3) is 22.0 Å². The van der Waals surface area contributed by atoms with E-state index in [1.807, 2.05) is 12.1 Å². The first-order valence-electron chi connectivity index (χ1n) is 10.0. The third kappa shape index (κ3) is 4.06. The fourth-order valence-corrected chi connectivity index (χ4v) is 3.86. The summed E-state index contributed by atoms with van der Waals surface area (Å²) in [6.45, 7) is 1.87. The molecule has 32 heavy (non-hydrogen) atoms. The van der Waals surface area contributed by atoms with E-state index in [9.17, 15) is 23.1 Å². The van der Waals surface area contributed by atoms with Crippen LogP contribution in [0.5, 0.6) is 5.75 Å². The van der Waals surface area contributed by atoms with Crippen molar-refractivity contribution in [2.24, 2.45) is 0 Å². The number of benzene rings is 3. The summed E-state index contributed by atoms with van der Waals surface area (Å²) >= 11 is 0. The second kappa shape index (κ2) is 8.42. The molecule has 4 nitrogen and oxygen atoms in total. The molecule has 0 saturated carbocycles. The predicted molar refractivity (Wildman–Crippen MR) is 116 cm³/mol. The lowest BCUT2D eigenvalue weighted by molar-refractivity contribution is -0.137. The fraction of sp³-hybridized carbons (Fsp3) is 0.160. The molecule has 164 valence electrons. The first kappa shape index (κ1) is 21.5. The van der Waals surface area contributed by atoms with Crippen molar-refractivity contribution in [2.45, 2.75) is 19.6 Å². The number of para-hydroxylation sites is 1. The van der Waals surface area contributed by atoms with Gasteiger partial charge in [-0.25, -0.2) is 4.79 Å². The molecule has 4 rings (SSSR count). The van der Waals surface area contributed by atoms with Crippen LogP contribution in [0.4, 0.5) is 13.2 Å². The van der Waals surface area contributed by atoms with Gasteiger partial charge in [0, 0.05) is 23.0 Å². The minimum Gasteiger partial charge on any atom is -0.508 e. The van der Waals surface area contributed by atoms with E-state index in [1.165, 1.54) is 12.1 Å². The maximum absolute atomic E-state index is 13.2. The number of hydrogen-bond acceptors (Lipinski definition) is 3. The van der Waals surface area contributed by atoms with Gasteiger partial charge < -0.3 is 14.4 Å². The zero-order chi connectivity index (χ0) is 22.9. The number of hydrogen-bond donors (Lipinski definition) is 1. The van der Waals surface area contributed by atoms with E-state index in [1.54, 1.807) is 47.9 Å². The van der Waals surface area contributed by atoms with Gasteiger partial charge in [-0.2, -0.15) is 13.2 Å². The molecule has 0 unspecified atom stereocenters. The van der Waals surface area contributed by atoms with Gasteiger partial charge >= 0.3 is 12.1 Å². The van der Waals surface area contributed by atoms with Crippen molar-refractivity contribution in [1.82, 2.24) is 4.57 Å². The normalized spacial score (nSPS) is 11.6. The lowest BCUT2D eigenvalue weighted by Gasteiger charge is -2.13. The van der Waals surface area contributed by atoms with Gasteiger partial charge in [0.05, 0.1) is 12.2 Å². The summed E-state index contributed by atoms with van der Waals surface area (Å²) in [6.07, 6.45) is -4.47. The van der Waals surface area contributed by atoms with Crippen LogP contribution in [0.3, 0.4) is 0 Å². The third-order valence-corrected chi connectivity index (χ3v) is 5.17. The summed E-state index contributed by atoms with van der Waals surface area (Å²) in [5, 5.41) is 10.7. The van der Waals surface area contributed by atoms with E-state index in [0.29, 0.717) is 22.2 Å². The number of rotatable bonds is 5. The summed E-state index contributed by atoms with van der Waals surface area (Å²) in [7, 11) is 0. The van der Waals surface area contributed by atoms with Crippen LogP contribution < -0.4 is 0 Å². The molecule has 7 heteroatoms. The van der Waals surface area contributed by atoms with E-state index < -0.39 is 17.7 Å². The standard InChI is InChI=1S/C25H20F3NO3/c1-2-32-24(31)23-22(17-8-6-10-19(30)14-17)20-11-3-4-12-21(20)29(23)15-16-7-5-9-18(13-16)25(26,27)28/h3-14,30H,2,15H2,1H3. The molecule has 0 spiro atoms. The summed E-state index contributed by atoms with van der Waals surface area (Å²) in [6, 6.07) is 18.8. The van der Waals surface area contributed by atoms with Gasteiger partial charge in [0.15, 0.2) is 0 Å². The Hall–Kier alpha value is -3.74.